The quantitative estimate of drug-likeness (QED) is 0.401. The van der Waals surface area contributed by atoms with E-state index >= 15 is 0 Å². The van der Waals surface area contributed by atoms with Crippen molar-refractivity contribution in [3.05, 3.63) is 0 Å². The monoisotopic (exact) mass is 213 g/mol. The standard InChI is InChI=1S/C11H19NO3/c1-2-3-4-5-6-7-8-9-10(13)15-11(14)12-9/h9H,2-8H2,1H3,(H,12,14). The Morgan fingerprint density at radius 1 is 1.13 bits per heavy atom. The van der Waals surface area contributed by atoms with Gasteiger partial charge in [0.05, 0.1) is 0 Å². The third-order valence-corrected chi connectivity index (χ3v) is 2.62. The molecule has 4 heteroatoms. The highest BCUT2D eigenvalue weighted by Gasteiger charge is 2.31. The van der Waals surface area contributed by atoms with E-state index in [4.69, 9.17) is 0 Å². The fourth-order valence-electron chi connectivity index (χ4n) is 1.71. The number of amides is 1. The zero-order valence-corrected chi connectivity index (χ0v) is 9.25. The van der Waals surface area contributed by atoms with Crippen molar-refractivity contribution >= 4 is 12.1 Å². The van der Waals surface area contributed by atoms with Gasteiger partial charge in [0.1, 0.15) is 6.04 Å². The molecule has 1 aliphatic heterocycles. The molecule has 0 aromatic rings. The lowest BCUT2D eigenvalue weighted by Gasteiger charge is -2.04. The normalized spacial score (nSPS) is 20.2. The maximum Gasteiger partial charge on any atom is 0.415 e. The highest BCUT2D eigenvalue weighted by molar-refractivity contribution is 5.95. The van der Waals surface area contributed by atoms with Gasteiger partial charge in [-0.25, -0.2) is 9.59 Å². The van der Waals surface area contributed by atoms with Gasteiger partial charge in [-0.1, -0.05) is 45.4 Å². The molecule has 0 aliphatic carbocycles. The summed E-state index contributed by atoms with van der Waals surface area (Å²) in [6.07, 6.45) is 7.20. The first-order chi connectivity index (χ1) is 7.24. The van der Waals surface area contributed by atoms with E-state index in [-0.39, 0.29) is 0 Å². The van der Waals surface area contributed by atoms with Crippen molar-refractivity contribution in [2.45, 2.75) is 57.9 Å². The van der Waals surface area contributed by atoms with E-state index in [1.165, 1.54) is 25.7 Å². The number of carbonyl (C=O) groups is 2. The molecule has 1 heterocycles. The molecule has 1 amide bonds. The molecule has 0 bridgehead atoms. The summed E-state index contributed by atoms with van der Waals surface area (Å²) in [7, 11) is 0. The zero-order chi connectivity index (χ0) is 11.1. The second-order valence-electron chi connectivity index (χ2n) is 3.96. The maximum atomic E-state index is 11.0. The third kappa shape index (κ3) is 4.32. The van der Waals surface area contributed by atoms with Crippen LogP contribution in [-0.4, -0.2) is 18.1 Å². The van der Waals surface area contributed by atoms with Crippen LogP contribution < -0.4 is 5.32 Å². The van der Waals surface area contributed by atoms with Crippen molar-refractivity contribution in [3.63, 3.8) is 0 Å². The second-order valence-corrected chi connectivity index (χ2v) is 3.96. The minimum absolute atomic E-state index is 0.399. The molecule has 1 atom stereocenters. The van der Waals surface area contributed by atoms with Gasteiger partial charge in [-0.2, -0.15) is 0 Å². The Balaban J connectivity index is 2.00. The van der Waals surface area contributed by atoms with Crippen LogP contribution in [0.3, 0.4) is 0 Å². The van der Waals surface area contributed by atoms with E-state index in [0.717, 1.165) is 12.8 Å². The van der Waals surface area contributed by atoms with Crippen molar-refractivity contribution in [1.82, 2.24) is 5.32 Å². The Labute approximate surface area is 90.4 Å². The molecule has 1 saturated heterocycles. The minimum Gasteiger partial charge on any atom is -0.375 e. The van der Waals surface area contributed by atoms with Crippen molar-refractivity contribution in [1.29, 1.82) is 0 Å². The molecule has 1 unspecified atom stereocenters. The van der Waals surface area contributed by atoms with Crippen LogP contribution in [0.15, 0.2) is 0 Å². The van der Waals surface area contributed by atoms with Gasteiger partial charge in [0, 0.05) is 0 Å². The summed E-state index contributed by atoms with van der Waals surface area (Å²) in [6.45, 7) is 2.18. The number of hydrogen-bond donors (Lipinski definition) is 1. The van der Waals surface area contributed by atoms with E-state index in [0.29, 0.717) is 6.42 Å². The van der Waals surface area contributed by atoms with Gasteiger partial charge in [-0.05, 0) is 6.42 Å². The lowest BCUT2D eigenvalue weighted by Crippen LogP contribution is -2.28. The maximum absolute atomic E-state index is 11.0. The number of esters is 1. The van der Waals surface area contributed by atoms with E-state index in [1.807, 2.05) is 0 Å². The molecular formula is C11H19NO3. The highest BCUT2D eigenvalue weighted by atomic mass is 16.6. The molecule has 0 aromatic carbocycles. The summed E-state index contributed by atoms with van der Waals surface area (Å²) in [5.41, 5.74) is 0. The number of unbranched alkanes of at least 4 members (excludes halogenated alkanes) is 5. The summed E-state index contributed by atoms with van der Waals surface area (Å²) in [6, 6.07) is -0.399. The van der Waals surface area contributed by atoms with Crippen molar-refractivity contribution in [2.24, 2.45) is 0 Å². The minimum atomic E-state index is -0.601. The van der Waals surface area contributed by atoms with Crippen LogP contribution in [0.25, 0.3) is 0 Å². The first-order valence-electron chi connectivity index (χ1n) is 5.76. The summed E-state index contributed by atoms with van der Waals surface area (Å²) in [5.74, 6) is -0.423. The van der Waals surface area contributed by atoms with Crippen LogP contribution in [0.4, 0.5) is 4.79 Å². The Morgan fingerprint density at radius 2 is 1.80 bits per heavy atom. The average molecular weight is 213 g/mol. The summed E-state index contributed by atoms with van der Waals surface area (Å²) in [4.78, 5) is 21.7. The molecule has 1 fully saturated rings. The number of ether oxygens (including phenoxy) is 1. The van der Waals surface area contributed by atoms with Crippen LogP contribution in [-0.2, 0) is 9.53 Å². The van der Waals surface area contributed by atoms with Gasteiger partial charge in [0.25, 0.3) is 0 Å². The Kier molecular flexibility index (Phi) is 5.15. The lowest BCUT2D eigenvalue weighted by molar-refractivity contribution is -0.135. The fraction of sp³-hybridized carbons (Fsp3) is 0.818. The molecule has 1 N–H and O–H groups in total. The first-order valence-corrected chi connectivity index (χ1v) is 5.76. The molecule has 1 aliphatic rings. The van der Waals surface area contributed by atoms with Gasteiger partial charge < -0.3 is 10.1 Å². The summed E-state index contributed by atoms with van der Waals surface area (Å²) in [5, 5.41) is 2.49. The van der Waals surface area contributed by atoms with Crippen LogP contribution in [0.1, 0.15) is 51.9 Å². The van der Waals surface area contributed by atoms with Crippen LogP contribution in [0.5, 0.6) is 0 Å². The van der Waals surface area contributed by atoms with Crippen LogP contribution >= 0.6 is 0 Å². The Morgan fingerprint density at radius 3 is 2.40 bits per heavy atom. The smallest absolute Gasteiger partial charge is 0.375 e. The molecule has 0 aromatic heterocycles. The molecular weight excluding hydrogens is 194 g/mol. The number of rotatable bonds is 7. The zero-order valence-electron chi connectivity index (χ0n) is 9.25. The highest BCUT2D eigenvalue weighted by Crippen LogP contribution is 2.11. The van der Waals surface area contributed by atoms with E-state index in [2.05, 4.69) is 17.0 Å². The number of hydrogen-bond acceptors (Lipinski definition) is 3. The molecule has 86 valence electrons. The van der Waals surface area contributed by atoms with Gasteiger partial charge in [0.2, 0.25) is 0 Å². The van der Waals surface area contributed by atoms with Gasteiger partial charge >= 0.3 is 12.1 Å². The summed E-state index contributed by atoms with van der Waals surface area (Å²) < 4.78 is 4.38. The molecule has 4 nitrogen and oxygen atoms in total. The SMILES string of the molecule is CCCCCCCCC1NC(=O)OC1=O. The summed E-state index contributed by atoms with van der Waals surface area (Å²) >= 11 is 0. The number of cyclic esters (lactones) is 2. The van der Waals surface area contributed by atoms with Gasteiger partial charge in [0.15, 0.2) is 0 Å². The molecule has 0 spiro atoms. The van der Waals surface area contributed by atoms with Crippen molar-refractivity contribution in [3.8, 4) is 0 Å². The van der Waals surface area contributed by atoms with E-state index in [1.54, 1.807) is 0 Å². The van der Waals surface area contributed by atoms with E-state index in [9.17, 15) is 9.59 Å². The van der Waals surface area contributed by atoms with E-state index < -0.39 is 18.1 Å². The van der Waals surface area contributed by atoms with Crippen LogP contribution in [0, 0.1) is 0 Å². The topological polar surface area (TPSA) is 55.4 Å². The van der Waals surface area contributed by atoms with Crippen molar-refractivity contribution < 1.29 is 14.3 Å². The van der Waals surface area contributed by atoms with Crippen molar-refractivity contribution in [2.75, 3.05) is 0 Å². The molecule has 0 radical (unpaired) electrons. The molecule has 0 saturated carbocycles. The number of carbonyl (C=O) groups excluding carboxylic acids is 2. The average Bonchev–Trinajstić information content (AvgIpc) is 2.51. The Bertz CT molecular complexity index is 228. The first kappa shape index (κ1) is 12.0. The predicted molar refractivity (Wildman–Crippen MR) is 56.4 cm³/mol. The van der Waals surface area contributed by atoms with Gasteiger partial charge in [-0.3, -0.25) is 0 Å². The largest absolute Gasteiger partial charge is 0.415 e. The third-order valence-electron chi connectivity index (χ3n) is 2.62. The molecule has 1 rings (SSSR count). The fourth-order valence-corrected chi connectivity index (χ4v) is 1.71. The number of alkyl carbamates (subject to hydrolysis) is 1. The Hall–Kier alpha value is -1.06. The van der Waals surface area contributed by atoms with Crippen LogP contribution in [0.2, 0.25) is 0 Å². The second kappa shape index (κ2) is 6.43. The predicted octanol–water partition coefficient (Wildman–Crippen LogP) is 2.37. The lowest BCUT2D eigenvalue weighted by atomic mass is 10.1. The number of nitrogens with one attached hydrogen (secondary N) is 1. The molecule has 15 heavy (non-hydrogen) atoms. The van der Waals surface area contributed by atoms with Gasteiger partial charge in [-0.15, -0.1) is 0 Å².